The molecular formula is C27H28O13. The second-order valence-corrected chi connectivity index (χ2v) is 8.70. The zero-order valence-corrected chi connectivity index (χ0v) is 21.7. The van der Waals surface area contributed by atoms with Gasteiger partial charge in [0.15, 0.2) is 35.6 Å². The average molecular weight is 561 g/mol. The number of aliphatic hydroxyl groups is 1. The number of aliphatic hydroxyl groups excluding tert-OH is 1. The fraction of sp³-hybridized carbons (Fsp3) is 0.333. The molecule has 4 N–H and O–H groups in total. The van der Waals surface area contributed by atoms with Crippen molar-refractivity contribution in [3.8, 4) is 23.0 Å². The van der Waals surface area contributed by atoms with Crippen molar-refractivity contribution in [2.24, 2.45) is 0 Å². The molecular weight excluding hydrogens is 532 g/mol. The number of benzene rings is 2. The van der Waals surface area contributed by atoms with Crippen molar-refractivity contribution in [2.75, 3.05) is 6.61 Å². The molecule has 1 aliphatic heterocycles. The van der Waals surface area contributed by atoms with Gasteiger partial charge in [0, 0.05) is 20.8 Å². The number of rotatable bonds is 9. The Bertz CT molecular complexity index is 1280. The molecule has 3 rings (SSSR count). The third-order valence-corrected chi connectivity index (χ3v) is 5.61. The molecule has 40 heavy (non-hydrogen) atoms. The third kappa shape index (κ3) is 7.48. The highest BCUT2D eigenvalue weighted by Crippen LogP contribution is 2.40. The number of carbonyl (C=O) groups is 4. The summed E-state index contributed by atoms with van der Waals surface area (Å²) in [4.78, 5) is 47.4. The highest BCUT2D eigenvalue weighted by Gasteiger charge is 2.51. The minimum Gasteiger partial charge on any atom is -0.508 e. The Hall–Kier alpha value is -4.62. The van der Waals surface area contributed by atoms with Crippen molar-refractivity contribution in [2.45, 2.75) is 51.5 Å². The number of phenolic OH excluding ortho intramolecular Hbond substituents is 3. The van der Waals surface area contributed by atoms with Gasteiger partial charge in [-0.25, -0.2) is 0 Å². The Morgan fingerprint density at radius 1 is 0.850 bits per heavy atom. The summed E-state index contributed by atoms with van der Waals surface area (Å²) in [6, 6.07) is 8.27. The molecule has 0 aliphatic carbocycles. The van der Waals surface area contributed by atoms with Crippen molar-refractivity contribution in [1.29, 1.82) is 0 Å². The van der Waals surface area contributed by atoms with Gasteiger partial charge in [0.2, 0.25) is 12.0 Å². The molecule has 2 aromatic rings. The molecule has 1 aliphatic rings. The van der Waals surface area contributed by atoms with Crippen LogP contribution in [0.4, 0.5) is 0 Å². The normalized spacial score (nSPS) is 22.4. The Labute approximate surface area is 228 Å². The fourth-order valence-electron chi connectivity index (χ4n) is 3.81. The van der Waals surface area contributed by atoms with Crippen LogP contribution >= 0.6 is 0 Å². The number of ketones is 1. The van der Waals surface area contributed by atoms with E-state index in [0.29, 0.717) is 5.56 Å². The van der Waals surface area contributed by atoms with E-state index >= 15 is 0 Å². The van der Waals surface area contributed by atoms with E-state index in [9.17, 15) is 39.6 Å². The minimum absolute atomic E-state index is 0.0486. The van der Waals surface area contributed by atoms with Crippen LogP contribution in [0.3, 0.4) is 0 Å². The first-order valence-corrected chi connectivity index (χ1v) is 11.9. The van der Waals surface area contributed by atoms with Crippen molar-refractivity contribution in [3.63, 3.8) is 0 Å². The van der Waals surface area contributed by atoms with Crippen molar-refractivity contribution < 1.29 is 63.3 Å². The van der Waals surface area contributed by atoms with Gasteiger partial charge in [0.05, 0.1) is 5.56 Å². The van der Waals surface area contributed by atoms with Crippen LogP contribution in [0.15, 0.2) is 42.5 Å². The van der Waals surface area contributed by atoms with E-state index in [1.807, 2.05) is 0 Å². The second kappa shape index (κ2) is 13.0. The Morgan fingerprint density at radius 2 is 1.48 bits per heavy atom. The zero-order chi connectivity index (χ0) is 29.6. The summed E-state index contributed by atoms with van der Waals surface area (Å²) in [5.74, 6) is -5.05. The first kappa shape index (κ1) is 29.9. The van der Waals surface area contributed by atoms with Crippen LogP contribution in [0.2, 0.25) is 0 Å². The molecule has 0 spiro atoms. The molecule has 2 aromatic carbocycles. The maximum Gasteiger partial charge on any atom is 0.303 e. The maximum atomic E-state index is 12.6. The van der Waals surface area contributed by atoms with Crippen LogP contribution in [0.1, 0.15) is 36.7 Å². The maximum absolute atomic E-state index is 12.6. The van der Waals surface area contributed by atoms with Gasteiger partial charge in [-0.15, -0.1) is 0 Å². The van der Waals surface area contributed by atoms with E-state index in [2.05, 4.69) is 0 Å². The van der Waals surface area contributed by atoms with Crippen molar-refractivity contribution >= 4 is 29.8 Å². The summed E-state index contributed by atoms with van der Waals surface area (Å²) < 4.78 is 26.5. The van der Waals surface area contributed by atoms with Gasteiger partial charge in [-0.2, -0.15) is 0 Å². The van der Waals surface area contributed by atoms with Crippen LogP contribution in [-0.4, -0.2) is 81.4 Å². The zero-order valence-electron chi connectivity index (χ0n) is 21.7. The van der Waals surface area contributed by atoms with Gasteiger partial charge in [0.25, 0.3) is 0 Å². The van der Waals surface area contributed by atoms with E-state index < -0.39 is 78.3 Å². The highest BCUT2D eigenvalue weighted by molar-refractivity contribution is 6.09. The van der Waals surface area contributed by atoms with E-state index in [0.717, 1.165) is 39.0 Å². The standard InChI is InChI=1S/C27H28O13/c1-13(28)36-12-21-25(37-14(2)29)26(38-15(3)30)24(35)27(40-21)39-20-11-9-18(22(33)23(20)34)19(32)10-6-16-4-7-17(31)8-5-16/h4-11,21,24-27,31,33-35H,12H2,1-3H3. The summed E-state index contributed by atoms with van der Waals surface area (Å²) in [6.45, 7) is 2.78. The highest BCUT2D eigenvalue weighted by atomic mass is 16.7. The first-order valence-electron chi connectivity index (χ1n) is 11.9. The van der Waals surface area contributed by atoms with Crippen LogP contribution in [-0.2, 0) is 33.3 Å². The number of phenols is 3. The van der Waals surface area contributed by atoms with E-state index in [4.69, 9.17) is 23.7 Å². The number of aromatic hydroxyl groups is 3. The lowest BCUT2D eigenvalue weighted by Gasteiger charge is -2.42. The number of hydrogen-bond acceptors (Lipinski definition) is 13. The summed E-state index contributed by atoms with van der Waals surface area (Å²) in [6.07, 6.45) is -5.07. The molecule has 0 bridgehead atoms. The molecule has 13 heteroatoms. The molecule has 214 valence electrons. The van der Waals surface area contributed by atoms with Crippen molar-refractivity contribution in [1.82, 2.24) is 0 Å². The summed E-state index contributed by atoms with van der Waals surface area (Å²) in [5, 5.41) is 41.2. The lowest BCUT2D eigenvalue weighted by Crippen LogP contribution is -2.62. The Morgan fingerprint density at radius 3 is 2.08 bits per heavy atom. The number of allylic oxidation sites excluding steroid dienone is 1. The lowest BCUT2D eigenvalue weighted by molar-refractivity contribution is -0.285. The van der Waals surface area contributed by atoms with E-state index in [1.54, 1.807) is 12.1 Å². The minimum atomic E-state index is -1.78. The molecule has 13 nitrogen and oxygen atoms in total. The molecule has 1 fully saturated rings. The topological polar surface area (TPSA) is 195 Å². The van der Waals surface area contributed by atoms with Crippen LogP contribution in [0.5, 0.6) is 23.0 Å². The second-order valence-electron chi connectivity index (χ2n) is 8.70. The van der Waals surface area contributed by atoms with Crippen LogP contribution in [0.25, 0.3) is 6.08 Å². The molecule has 5 unspecified atom stereocenters. The molecule has 0 aromatic heterocycles. The largest absolute Gasteiger partial charge is 0.508 e. The fourth-order valence-corrected chi connectivity index (χ4v) is 3.81. The number of hydrogen-bond donors (Lipinski definition) is 4. The van der Waals surface area contributed by atoms with E-state index in [-0.39, 0.29) is 11.3 Å². The average Bonchev–Trinajstić information content (AvgIpc) is 2.88. The van der Waals surface area contributed by atoms with Gasteiger partial charge in [-0.1, -0.05) is 18.2 Å². The number of esters is 3. The molecule has 0 saturated carbocycles. The van der Waals surface area contributed by atoms with Gasteiger partial charge in [0.1, 0.15) is 18.5 Å². The van der Waals surface area contributed by atoms with Gasteiger partial charge in [-0.3, -0.25) is 19.2 Å². The summed E-state index contributed by atoms with van der Waals surface area (Å²) in [5.41, 5.74) is 0.321. The van der Waals surface area contributed by atoms with Crippen LogP contribution in [0, 0.1) is 0 Å². The number of carbonyl (C=O) groups excluding carboxylic acids is 4. The van der Waals surface area contributed by atoms with Gasteiger partial charge < -0.3 is 44.1 Å². The number of ether oxygens (including phenoxy) is 5. The summed E-state index contributed by atoms with van der Waals surface area (Å²) >= 11 is 0. The van der Waals surface area contributed by atoms with Gasteiger partial charge >= 0.3 is 17.9 Å². The predicted octanol–water partition coefficient (Wildman–Crippen LogP) is 1.59. The quantitative estimate of drug-likeness (QED) is 0.114. The molecule has 1 saturated heterocycles. The van der Waals surface area contributed by atoms with Gasteiger partial charge in [-0.05, 0) is 35.9 Å². The third-order valence-electron chi connectivity index (χ3n) is 5.61. The molecule has 0 amide bonds. The van der Waals surface area contributed by atoms with E-state index in [1.165, 1.54) is 18.2 Å². The Kier molecular flexibility index (Phi) is 9.69. The predicted molar refractivity (Wildman–Crippen MR) is 134 cm³/mol. The SMILES string of the molecule is CC(=O)OCC1OC(Oc2ccc(C(=O)C=Cc3ccc(O)cc3)c(O)c2O)C(O)C(OC(C)=O)C1OC(C)=O. The van der Waals surface area contributed by atoms with Crippen molar-refractivity contribution in [3.05, 3.63) is 53.6 Å². The monoisotopic (exact) mass is 560 g/mol. The molecule has 1 heterocycles. The van der Waals surface area contributed by atoms with Crippen LogP contribution < -0.4 is 4.74 Å². The Balaban J connectivity index is 1.85. The first-order chi connectivity index (χ1) is 18.9. The molecule has 5 atom stereocenters. The molecule has 0 radical (unpaired) electrons. The lowest BCUT2D eigenvalue weighted by atomic mass is 9.98. The summed E-state index contributed by atoms with van der Waals surface area (Å²) in [7, 11) is 0. The smallest absolute Gasteiger partial charge is 0.303 e.